The van der Waals surface area contributed by atoms with Crippen LogP contribution in [0.4, 0.5) is 0 Å². The van der Waals surface area contributed by atoms with Crippen molar-refractivity contribution in [2.24, 2.45) is 5.41 Å². The zero-order chi connectivity index (χ0) is 13.3. The van der Waals surface area contributed by atoms with Gasteiger partial charge in [0.25, 0.3) is 0 Å². The summed E-state index contributed by atoms with van der Waals surface area (Å²) in [5.74, 6) is 0.0117. The molecule has 1 amide bonds. The van der Waals surface area contributed by atoms with Gasteiger partial charge in [-0.3, -0.25) is 4.79 Å². The van der Waals surface area contributed by atoms with Crippen LogP contribution in [0.25, 0.3) is 5.65 Å². The summed E-state index contributed by atoms with van der Waals surface area (Å²) in [5.41, 5.74) is 1.21. The lowest BCUT2D eigenvalue weighted by Crippen LogP contribution is -2.34. The molecule has 2 heterocycles. The number of pyridine rings is 1. The molecule has 0 aromatic carbocycles. The molecule has 2 rings (SSSR count). The first-order valence-corrected chi connectivity index (χ1v) is 6.15. The third kappa shape index (κ3) is 2.82. The number of nitrogens with zero attached hydrogens (tertiary/aromatic N) is 2. The molecule has 18 heavy (non-hydrogen) atoms. The fourth-order valence-electron chi connectivity index (χ4n) is 1.53. The van der Waals surface area contributed by atoms with Gasteiger partial charge in [-0.05, 0) is 12.1 Å². The lowest BCUT2D eigenvalue weighted by atomic mass is 9.96. The number of halogens is 1. The van der Waals surface area contributed by atoms with E-state index in [9.17, 15) is 4.79 Å². The molecule has 0 unspecified atom stereocenters. The summed E-state index contributed by atoms with van der Waals surface area (Å²) in [7, 11) is 0. The van der Waals surface area contributed by atoms with Gasteiger partial charge in [0, 0.05) is 22.8 Å². The van der Waals surface area contributed by atoms with Crippen LogP contribution in [0.1, 0.15) is 26.5 Å². The number of nitrogens with one attached hydrogen (secondary N) is 1. The molecular formula is C13H16ClN3O. The highest BCUT2D eigenvalue weighted by Gasteiger charge is 2.20. The van der Waals surface area contributed by atoms with Gasteiger partial charge >= 0.3 is 0 Å². The summed E-state index contributed by atoms with van der Waals surface area (Å²) < 4.78 is 1.88. The van der Waals surface area contributed by atoms with Crippen LogP contribution in [-0.4, -0.2) is 15.3 Å². The van der Waals surface area contributed by atoms with Crippen molar-refractivity contribution in [3.8, 4) is 0 Å². The minimum Gasteiger partial charge on any atom is -0.350 e. The Bertz CT molecular complexity index is 583. The van der Waals surface area contributed by atoms with E-state index in [1.54, 1.807) is 12.1 Å². The number of carbonyl (C=O) groups is 1. The SMILES string of the molecule is CC(C)(C)C(=O)NCc1cn2ccc(Cl)cc2n1. The molecule has 5 heteroatoms. The number of aromatic nitrogens is 2. The summed E-state index contributed by atoms with van der Waals surface area (Å²) in [4.78, 5) is 16.1. The molecule has 0 aliphatic rings. The van der Waals surface area contributed by atoms with Crippen LogP contribution in [0.15, 0.2) is 24.5 Å². The lowest BCUT2D eigenvalue weighted by molar-refractivity contribution is -0.128. The largest absolute Gasteiger partial charge is 0.350 e. The fraction of sp³-hybridized carbons (Fsp3) is 0.385. The maximum absolute atomic E-state index is 11.7. The van der Waals surface area contributed by atoms with Gasteiger partial charge < -0.3 is 9.72 Å². The van der Waals surface area contributed by atoms with Crippen molar-refractivity contribution in [2.45, 2.75) is 27.3 Å². The first-order valence-electron chi connectivity index (χ1n) is 5.78. The highest BCUT2D eigenvalue weighted by molar-refractivity contribution is 6.30. The van der Waals surface area contributed by atoms with E-state index < -0.39 is 0 Å². The third-order valence-electron chi connectivity index (χ3n) is 2.58. The highest BCUT2D eigenvalue weighted by atomic mass is 35.5. The molecule has 0 atom stereocenters. The lowest BCUT2D eigenvalue weighted by Gasteiger charge is -2.16. The van der Waals surface area contributed by atoms with E-state index in [-0.39, 0.29) is 11.3 Å². The quantitative estimate of drug-likeness (QED) is 0.907. The minimum absolute atomic E-state index is 0.0117. The predicted octanol–water partition coefficient (Wildman–Crippen LogP) is 2.65. The van der Waals surface area contributed by atoms with Crippen molar-refractivity contribution in [2.75, 3.05) is 0 Å². The van der Waals surface area contributed by atoms with Crippen LogP contribution in [0.2, 0.25) is 5.02 Å². The first-order chi connectivity index (χ1) is 8.36. The molecule has 0 spiro atoms. The fourth-order valence-corrected chi connectivity index (χ4v) is 1.68. The molecule has 0 saturated heterocycles. The van der Waals surface area contributed by atoms with E-state index >= 15 is 0 Å². The summed E-state index contributed by atoms with van der Waals surface area (Å²) in [6, 6.07) is 3.59. The molecule has 0 bridgehead atoms. The molecule has 2 aromatic rings. The summed E-state index contributed by atoms with van der Waals surface area (Å²) >= 11 is 5.89. The molecule has 0 saturated carbocycles. The van der Waals surface area contributed by atoms with E-state index in [1.165, 1.54) is 0 Å². The van der Waals surface area contributed by atoms with Crippen molar-refractivity contribution >= 4 is 23.2 Å². The van der Waals surface area contributed by atoms with E-state index in [4.69, 9.17) is 11.6 Å². The van der Waals surface area contributed by atoms with Gasteiger partial charge in [0.2, 0.25) is 5.91 Å². The van der Waals surface area contributed by atoms with E-state index in [0.29, 0.717) is 11.6 Å². The average molecular weight is 266 g/mol. The normalized spacial score (nSPS) is 11.8. The van der Waals surface area contributed by atoms with Crippen LogP contribution in [0.5, 0.6) is 0 Å². The van der Waals surface area contributed by atoms with Crippen LogP contribution >= 0.6 is 11.6 Å². The molecule has 96 valence electrons. The van der Waals surface area contributed by atoms with Crippen LogP contribution < -0.4 is 5.32 Å². The number of carbonyl (C=O) groups excluding carboxylic acids is 1. The molecule has 4 nitrogen and oxygen atoms in total. The third-order valence-corrected chi connectivity index (χ3v) is 2.82. The van der Waals surface area contributed by atoms with Gasteiger partial charge in [-0.15, -0.1) is 0 Å². The molecule has 0 aliphatic carbocycles. The topological polar surface area (TPSA) is 46.4 Å². The number of rotatable bonds is 2. The monoisotopic (exact) mass is 265 g/mol. The number of imidazole rings is 1. The predicted molar refractivity (Wildman–Crippen MR) is 71.5 cm³/mol. The van der Waals surface area contributed by atoms with Crippen molar-refractivity contribution in [3.05, 3.63) is 35.2 Å². The van der Waals surface area contributed by atoms with Crippen molar-refractivity contribution in [1.82, 2.24) is 14.7 Å². The van der Waals surface area contributed by atoms with Crippen molar-refractivity contribution < 1.29 is 4.79 Å². The average Bonchev–Trinajstić information content (AvgIpc) is 2.66. The molecule has 1 N–H and O–H groups in total. The van der Waals surface area contributed by atoms with Gasteiger partial charge in [0.1, 0.15) is 5.65 Å². The highest BCUT2D eigenvalue weighted by Crippen LogP contribution is 2.14. The molecular weight excluding hydrogens is 250 g/mol. The Morgan fingerprint density at radius 1 is 1.50 bits per heavy atom. The minimum atomic E-state index is -0.386. The molecule has 0 fully saturated rings. The smallest absolute Gasteiger partial charge is 0.225 e. The Hall–Kier alpha value is -1.55. The second-order valence-corrected chi connectivity index (χ2v) is 5.71. The van der Waals surface area contributed by atoms with Gasteiger partial charge in [-0.2, -0.15) is 0 Å². The number of fused-ring (bicyclic) bond motifs is 1. The van der Waals surface area contributed by atoms with Gasteiger partial charge in [-0.1, -0.05) is 32.4 Å². The van der Waals surface area contributed by atoms with E-state index in [1.807, 2.05) is 37.6 Å². The summed E-state index contributed by atoms with van der Waals surface area (Å²) in [5, 5.41) is 3.52. The summed E-state index contributed by atoms with van der Waals surface area (Å²) in [6.07, 6.45) is 3.73. The first kappa shape index (κ1) is 12.9. The number of amides is 1. The Kier molecular flexibility index (Phi) is 3.30. The second kappa shape index (κ2) is 4.61. The summed E-state index contributed by atoms with van der Waals surface area (Å²) in [6.45, 7) is 6.07. The van der Waals surface area contributed by atoms with Crippen LogP contribution in [0.3, 0.4) is 0 Å². The molecule has 0 aliphatic heterocycles. The molecule has 2 aromatic heterocycles. The van der Waals surface area contributed by atoms with E-state index in [2.05, 4.69) is 10.3 Å². The maximum Gasteiger partial charge on any atom is 0.225 e. The van der Waals surface area contributed by atoms with Crippen molar-refractivity contribution in [3.63, 3.8) is 0 Å². The van der Waals surface area contributed by atoms with Crippen LogP contribution in [-0.2, 0) is 11.3 Å². The Morgan fingerprint density at radius 2 is 2.22 bits per heavy atom. The van der Waals surface area contributed by atoms with E-state index in [0.717, 1.165) is 11.3 Å². The van der Waals surface area contributed by atoms with Gasteiger partial charge in [0.05, 0.1) is 12.2 Å². The number of hydrogen-bond donors (Lipinski definition) is 1. The zero-order valence-corrected chi connectivity index (χ0v) is 11.5. The Labute approximate surface area is 111 Å². The maximum atomic E-state index is 11.7. The Morgan fingerprint density at radius 3 is 2.89 bits per heavy atom. The second-order valence-electron chi connectivity index (χ2n) is 5.28. The zero-order valence-electron chi connectivity index (χ0n) is 10.7. The number of hydrogen-bond acceptors (Lipinski definition) is 2. The standard InChI is InChI=1S/C13H16ClN3O/c1-13(2,3)12(18)15-7-10-8-17-5-4-9(14)6-11(17)16-10/h4-6,8H,7H2,1-3H3,(H,15,18). The van der Waals surface area contributed by atoms with Crippen molar-refractivity contribution in [1.29, 1.82) is 0 Å². The Balaban J connectivity index is 2.11. The van der Waals surface area contributed by atoms with Gasteiger partial charge in [-0.25, -0.2) is 4.98 Å². The molecule has 0 radical (unpaired) electrons. The van der Waals surface area contributed by atoms with Gasteiger partial charge in [0.15, 0.2) is 0 Å². The van der Waals surface area contributed by atoms with Crippen LogP contribution in [0, 0.1) is 5.41 Å².